The first-order chi connectivity index (χ1) is 6.93. The third kappa shape index (κ3) is 2.28. The lowest BCUT2D eigenvalue weighted by atomic mass is 10.0. The van der Waals surface area contributed by atoms with Crippen molar-refractivity contribution in [2.45, 2.75) is 13.8 Å². The molecule has 0 aliphatic carbocycles. The van der Waals surface area contributed by atoms with E-state index in [2.05, 4.69) is 0 Å². The Hall–Kier alpha value is -1.97. The fraction of sp³-hybridized carbons (Fsp3) is 0.182. The zero-order chi connectivity index (χ0) is 11.6. The molecule has 0 saturated carbocycles. The quantitative estimate of drug-likeness (QED) is 0.513. The molecule has 0 aliphatic heterocycles. The fourth-order valence-corrected chi connectivity index (χ4v) is 1.13. The molecular weight excluding hydrogens is 196 g/mol. The highest BCUT2D eigenvalue weighted by Gasteiger charge is 2.08. The van der Waals surface area contributed by atoms with Crippen LogP contribution in [0.4, 0.5) is 0 Å². The maximum absolute atomic E-state index is 10.7. The summed E-state index contributed by atoms with van der Waals surface area (Å²) in [5, 5.41) is 27.1. The maximum Gasteiger partial charge on any atom is 0.331 e. The lowest BCUT2D eigenvalue weighted by Crippen LogP contribution is -1.99. The molecule has 0 fully saturated rings. The fourth-order valence-electron chi connectivity index (χ4n) is 1.13. The van der Waals surface area contributed by atoms with Crippen LogP contribution in [0.15, 0.2) is 23.8 Å². The van der Waals surface area contributed by atoms with Gasteiger partial charge >= 0.3 is 5.97 Å². The monoisotopic (exact) mass is 208 g/mol. The summed E-state index contributed by atoms with van der Waals surface area (Å²) >= 11 is 0. The normalized spacial score (nSPS) is 12.1. The van der Waals surface area contributed by atoms with E-state index >= 15 is 0 Å². The highest BCUT2D eigenvalue weighted by atomic mass is 16.4. The summed E-state index contributed by atoms with van der Waals surface area (Å²) in [6.07, 6.45) is 0. The number of phenols is 2. The van der Waals surface area contributed by atoms with Crippen molar-refractivity contribution in [3.05, 3.63) is 29.3 Å². The highest BCUT2D eigenvalue weighted by molar-refractivity contribution is 5.95. The number of hydrogen-bond acceptors (Lipinski definition) is 3. The Labute approximate surface area is 87.1 Å². The number of rotatable bonds is 2. The van der Waals surface area contributed by atoms with Gasteiger partial charge in [0.05, 0.1) is 0 Å². The molecule has 0 spiro atoms. The third-order valence-electron chi connectivity index (χ3n) is 2.29. The lowest BCUT2D eigenvalue weighted by molar-refractivity contribution is -0.132. The molecule has 4 heteroatoms. The number of benzene rings is 1. The van der Waals surface area contributed by atoms with Gasteiger partial charge in [-0.1, -0.05) is 6.07 Å². The van der Waals surface area contributed by atoms with Crippen LogP contribution in [0.2, 0.25) is 0 Å². The molecule has 0 aromatic heterocycles. The largest absolute Gasteiger partial charge is 0.504 e. The van der Waals surface area contributed by atoms with Crippen molar-refractivity contribution in [3.8, 4) is 11.5 Å². The molecule has 0 aliphatic rings. The summed E-state index contributed by atoms with van der Waals surface area (Å²) in [5.41, 5.74) is 1.34. The van der Waals surface area contributed by atoms with Gasteiger partial charge in [0.25, 0.3) is 0 Å². The SMILES string of the molecule is C/C(C(=O)O)=C(/C)c1ccc(O)c(O)c1. The third-order valence-corrected chi connectivity index (χ3v) is 2.29. The predicted octanol–water partition coefficient (Wildman–Crippen LogP) is 1.98. The average molecular weight is 208 g/mol. The van der Waals surface area contributed by atoms with E-state index in [1.807, 2.05) is 0 Å². The number of hydrogen-bond donors (Lipinski definition) is 3. The second kappa shape index (κ2) is 4.04. The number of allylic oxidation sites excluding steroid dienone is 1. The van der Waals surface area contributed by atoms with E-state index in [0.29, 0.717) is 11.1 Å². The molecule has 0 radical (unpaired) electrons. The molecule has 0 bridgehead atoms. The van der Waals surface area contributed by atoms with Crippen molar-refractivity contribution >= 4 is 11.5 Å². The van der Waals surface area contributed by atoms with Crippen LogP contribution in [0, 0.1) is 0 Å². The Morgan fingerprint density at radius 2 is 1.73 bits per heavy atom. The van der Waals surface area contributed by atoms with Crippen LogP contribution in [0.1, 0.15) is 19.4 Å². The smallest absolute Gasteiger partial charge is 0.331 e. The average Bonchev–Trinajstić information content (AvgIpc) is 2.19. The number of carboxylic acids is 1. The second-order valence-electron chi connectivity index (χ2n) is 3.26. The first-order valence-electron chi connectivity index (χ1n) is 4.36. The Balaban J connectivity index is 3.23. The van der Waals surface area contributed by atoms with Crippen molar-refractivity contribution in [3.63, 3.8) is 0 Å². The Morgan fingerprint density at radius 1 is 1.13 bits per heavy atom. The number of carbonyl (C=O) groups is 1. The number of aromatic hydroxyl groups is 2. The maximum atomic E-state index is 10.7. The van der Waals surface area contributed by atoms with Gasteiger partial charge in [0.15, 0.2) is 11.5 Å². The number of phenolic OH excluding ortho intramolecular Hbond substituents is 2. The van der Waals surface area contributed by atoms with Crippen LogP contribution in [0.3, 0.4) is 0 Å². The summed E-state index contributed by atoms with van der Waals surface area (Å²) in [7, 11) is 0. The lowest BCUT2D eigenvalue weighted by Gasteiger charge is -2.06. The van der Waals surface area contributed by atoms with Gasteiger partial charge < -0.3 is 15.3 Å². The van der Waals surface area contributed by atoms with Gasteiger partial charge in [-0.05, 0) is 37.1 Å². The Kier molecular flexibility index (Phi) is 2.99. The van der Waals surface area contributed by atoms with E-state index in [0.717, 1.165) is 0 Å². The van der Waals surface area contributed by atoms with E-state index in [1.54, 1.807) is 13.0 Å². The molecule has 1 aromatic carbocycles. The first-order valence-corrected chi connectivity index (χ1v) is 4.36. The molecule has 0 heterocycles. The van der Waals surface area contributed by atoms with Crippen molar-refractivity contribution in [1.82, 2.24) is 0 Å². The Bertz CT molecular complexity index is 432. The summed E-state index contributed by atoms with van der Waals surface area (Å²) < 4.78 is 0. The van der Waals surface area contributed by atoms with Crippen LogP contribution >= 0.6 is 0 Å². The van der Waals surface area contributed by atoms with Crippen molar-refractivity contribution in [2.24, 2.45) is 0 Å². The highest BCUT2D eigenvalue weighted by Crippen LogP contribution is 2.29. The molecule has 80 valence electrons. The molecule has 0 saturated heterocycles. The van der Waals surface area contributed by atoms with Gasteiger partial charge in [0, 0.05) is 5.57 Å². The molecule has 0 unspecified atom stereocenters. The van der Waals surface area contributed by atoms with E-state index in [9.17, 15) is 9.90 Å². The van der Waals surface area contributed by atoms with E-state index in [1.165, 1.54) is 19.1 Å². The standard InChI is InChI=1S/C11H12O4/c1-6(7(2)11(14)15)8-3-4-9(12)10(13)5-8/h3-5,12-13H,1-2H3,(H,14,15)/b7-6+. The number of aliphatic carboxylic acids is 1. The van der Waals surface area contributed by atoms with Crippen LogP contribution in [0.5, 0.6) is 11.5 Å². The molecule has 0 amide bonds. The van der Waals surface area contributed by atoms with Crippen LogP contribution in [-0.4, -0.2) is 21.3 Å². The van der Waals surface area contributed by atoms with Gasteiger partial charge in [0.1, 0.15) is 0 Å². The summed E-state index contributed by atoms with van der Waals surface area (Å²) in [5.74, 6) is -1.48. The van der Waals surface area contributed by atoms with E-state index < -0.39 is 5.97 Å². The van der Waals surface area contributed by atoms with Crippen LogP contribution < -0.4 is 0 Å². The molecule has 1 aromatic rings. The van der Waals surface area contributed by atoms with Gasteiger partial charge in [-0.2, -0.15) is 0 Å². The minimum atomic E-state index is -1.000. The number of carboxylic acid groups (broad SMARTS) is 1. The van der Waals surface area contributed by atoms with Crippen molar-refractivity contribution in [1.29, 1.82) is 0 Å². The first kappa shape index (κ1) is 11.1. The minimum Gasteiger partial charge on any atom is -0.504 e. The van der Waals surface area contributed by atoms with Crippen molar-refractivity contribution in [2.75, 3.05) is 0 Å². The zero-order valence-corrected chi connectivity index (χ0v) is 8.48. The summed E-state index contributed by atoms with van der Waals surface area (Å²) in [4.78, 5) is 10.7. The molecule has 0 atom stereocenters. The second-order valence-corrected chi connectivity index (χ2v) is 3.26. The molecular formula is C11H12O4. The molecule has 15 heavy (non-hydrogen) atoms. The van der Waals surface area contributed by atoms with Crippen LogP contribution in [0.25, 0.3) is 5.57 Å². The van der Waals surface area contributed by atoms with E-state index in [-0.39, 0.29) is 17.1 Å². The molecule has 4 nitrogen and oxygen atoms in total. The van der Waals surface area contributed by atoms with Gasteiger partial charge in [-0.3, -0.25) is 0 Å². The van der Waals surface area contributed by atoms with Crippen LogP contribution in [-0.2, 0) is 4.79 Å². The predicted molar refractivity (Wildman–Crippen MR) is 55.7 cm³/mol. The summed E-state index contributed by atoms with van der Waals surface area (Å²) in [6.45, 7) is 3.14. The van der Waals surface area contributed by atoms with Gasteiger partial charge in [-0.15, -0.1) is 0 Å². The topological polar surface area (TPSA) is 77.8 Å². The van der Waals surface area contributed by atoms with E-state index in [4.69, 9.17) is 10.2 Å². The minimum absolute atomic E-state index is 0.208. The molecule has 3 N–H and O–H groups in total. The zero-order valence-electron chi connectivity index (χ0n) is 8.48. The van der Waals surface area contributed by atoms with Crippen molar-refractivity contribution < 1.29 is 20.1 Å². The molecule has 1 rings (SSSR count). The van der Waals surface area contributed by atoms with Gasteiger partial charge in [-0.25, -0.2) is 4.79 Å². The Morgan fingerprint density at radius 3 is 2.20 bits per heavy atom. The summed E-state index contributed by atoms with van der Waals surface area (Å²) in [6, 6.07) is 4.21. The van der Waals surface area contributed by atoms with Gasteiger partial charge in [0.2, 0.25) is 0 Å².